The predicted molar refractivity (Wildman–Crippen MR) is 108 cm³/mol. The van der Waals surface area contributed by atoms with Gasteiger partial charge in [-0.3, -0.25) is 4.99 Å². The number of aliphatic imine (C=N–C) groups is 1. The number of piperidine rings is 1. The summed E-state index contributed by atoms with van der Waals surface area (Å²) in [5.41, 5.74) is 5.34. The quantitative estimate of drug-likeness (QED) is 0.330. The van der Waals surface area contributed by atoms with E-state index < -0.39 is 0 Å². The molecular formula is C17H32IN5O. The first-order valence-corrected chi connectivity index (χ1v) is 9.26. The second-order valence-corrected chi connectivity index (χ2v) is 7.30. The van der Waals surface area contributed by atoms with Crippen molar-refractivity contribution >= 4 is 36.0 Å². The number of hydrogen-bond acceptors (Lipinski definition) is 2. The van der Waals surface area contributed by atoms with E-state index in [1.165, 1.54) is 25.7 Å². The molecule has 24 heavy (non-hydrogen) atoms. The summed E-state index contributed by atoms with van der Waals surface area (Å²) in [6, 6.07) is 0.0735. The summed E-state index contributed by atoms with van der Waals surface area (Å²) in [6.45, 7) is 5.42. The van der Waals surface area contributed by atoms with Crippen LogP contribution in [0.3, 0.4) is 0 Å². The number of halogens is 1. The number of primary amides is 1. The van der Waals surface area contributed by atoms with E-state index in [2.05, 4.69) is 17.6 Å². The summed E-state index contributed by atoms with van der Waals surface area (Å²) < 4.78 is 0. The molecule has 3 rings (SSSR count). The van der Waals surface area contributed by atoms with Gasteiger partial charge < -0.3 is 21.3 Å². The van der Waals surface area contributed by atoms with Gasteiger partial charge in [-0.25, -0.2) is 4.79 Å². The zero-order valence-electron chi connectivity index (χ0n) is 14.7. The van der Waals surface area contributed by atoms with Crippen LogP contribution < -0.4 is 16.4 Å². The summed E-state index contributed by atoms with van der Waals surface area (Å²) in [5, 5.41) is 6.92. The molecular weight excluding hydrogens is 417 g/mol. The lowest BCUT2D eigenvalue weighted by Crippen LogP contribution is -2.50. The zero-order valence-corrected chi connectivity index (χ0v) is 17.0. The fraction of sp³-hybridized carbons (Fsp3) is 0.882. The molecule has 2 saturated carbocycles. The molecule has 0 atom stereocenters. The number of likely N-dealkylation sites (tertiary alicyclic amines) is 1. The van der Waals surface area contributed by atoms with Gasteiger partial charge in [0.1, 0.15) is 0 Å². The Morgan fingerprint density at radius 3 is 2.21 bits per heavy atom. The topological polar surface area (TPSA) is 82.8 Å². The maximum absolute atomic E-state index is 11.2. The number of nitrogens with zero attached hydrogens (tertiary/aromatic N) is 2. The van der Waals surface area contributed by atoms with Crippen LogP contribution in [-0.4, -0.2) is 49.1 Å². The number of urea groups is 1. The van der Waals surface area contributed by atoms with Gasteiger partial charge in [0.25, 0.3) is 0 Å². The lowest BCUT2D eigenvalue weighted by Gasteiger charge is -2.32. The van der Waals surface area contributed by atoms with Gasteiger partial charge in [0, 0.05) is 32.2 Å². The third kappa shape index (κ3) is 5.67. The van der Waals surface area contributed by atoms with Crippen molar-refractivity contribution in [3.63, 3.8) is 0 Å². The van der Waals surface area contributed by atoms with E-state index in [9.17, 15) is 4.79 Å². The van der Waals surface area contributed by atoms with E-state index >= 15 is 0 Å². The number of nitrogens with one attached hydrogen (secondary N) is 2. The predicted octanol–water partition coefficient (Wildman–Crippen LogP) is 2.14. The molecule has 3 aliphatic rings. The van der Waals surface area contributed by atoms with E-state index in [0.29, 0.717) is 6.04 Å². The molecule has 0 aromatic rings. The molecule has 2 amide bonds. The molecule has 0 aromatic carbocycles. The zero-order chi connectivity index (χ0) is 16.2. The van der Waals surface area contributed by atoms with Gasteiger partial charge in [-0.15, -0.1) is 24.0 Å². The maximum atomic E-state index is 11.2. The Morgan fingerprint density at radius 2 is 1.75 bits per heavy atom. The highest BCUT2D eigenvalue weighted by Crippen LogP contribution is 2.49. The minimum Gasteiger partial charge on any atom is -0.357 e. The summed E-state index contributed by atoms with van der Waals surface area (Å²) >= 11 is 0. The normalized spacial score (nSPS) is 22.2. The lowest BCUT2D eigenvalue weighted by atomic mass is 9.98. The average molecular weight is 449 g/mol. The van der Waals surface area contributed by atoms with E-state index in [1.807, 2.05) is 0 Å². The average Bonchev–Trinajstić information content (AvgIpc) is 3.42. The van der Waals surface area contributed by atoms with Gasteiger partial charge in [-0.1, -0.05) is 0 Å². The van der Waals surface area contributed by atoms with Crippen LogP contribution in [0.25, 0.3) is 0 Å². The minimum absolute atomic E-state index is 0. The number of hydrogen-bond donors (Lipinski definition) is 3. The van der Waals surface area contributed by atoms with E-state index in [4.69, 9.17) is 10.7 Å². The molecule has 7 heteroatoms. The van der Waals surface area contributed by atoms with Gasteiger partial charge >= 0.3 is 6.03 Å². The highest BCUT2D eigenvalue weighted by atomic mass is 127. The number of rotatable bonds is 6. The molecule has 2 aliphatic carbocycles. The molecule has 0 bridgehead atoms. The summed E-state index contributed by atoms with van der Waals surface area (Å²) in [6.07, 6.45) is 7.50. The minimum atomic E-state index is -0.305. The summed E-state index contributed by atoms with van der Waals surface area (Å²) in [4.78, 5) is 17.8. The first-order chi connectivity index (χ1) is 11.2. The van der Waals surface area contributed by atoms with Crippen molar-refractivity contribution in [2.45, 2.75) is 51.5 Å². The van der Waals surface area contributed by atoms with E-state index in [0.717, 1.165) is 62.7 Å². The van der Waals surface area contributed by atoms with E-state index in [1.54, 1.807) is 4.90 Å². The van der Waals surface area contributed by atoms with Crippen molar-refractivity contribution < 1.29 is 4.79 Å². The van der Waals surface area contributed by atoms with Crippen molar-refractivity contribution in [1.82, 2.24) is 15.5 Å². The molecule has 1 saturated heterocycles. The summed E-state index contributed by atoms with van der Waals surface area (Å²) in [5.74, 6) is 3.62. The fourth-order valence-corrected chi connectivity index (χ4v) is 3.69. The Bertz CT molecular complexity index is 430. The van der Waals surface area contributed by atoms with Crippen LogP contribution >= 0.6 is 24.0 Å². The Kier molecular flexibility index (Phi) is 7.43. The van der Waals surface area contributed by atoms with Gasteiger partial charge in [-0.2, -0.15) is 0 Å². The number of carbonyl (C=O) groups is 1. The Balaban J connectivity index is 0.00000208. The smallest absolute Gasteiger partial charge is 0.314 e. The largest absolute Gasteiger partial charge is 0.357 e. The lowest BCUT2D eigenvalue weighted by molar-refractivity contribution is 0.188. The molecule has 0 spiro atoms. The number of carbonyl (C=O) groups excluding carboxylic acids is 1. The molecule has 0 aromatic heterocycles. The standard InChI is InChI=1S/C17H31N5O.HI/c1-2-19-17(20-11-15(12-3-4-12)13-5-6-13)21-14-7-9-22(10-8-14)16(18)23;/h12-15H,2-11H2,1H3,(H2,18,23)(H2,19,20,21);1H. The van der Waals surface area contributed by atoms with Gasteiger partial charge in [-0.05, 0) is 63.2 Å². The first kappa shape index (κ1) is 19.6. The van der Waals surface area contributed by atoms with Crippen molar-refractivity contribution in [2.24, 2.45) is 28.5 Å². The number of guanidine groups is 1. The Labute approximate surface area is 162 Å². The Hall–Kier alpha value is -0.730. The second kappa shape index (κ2) is 9.10. The highest BCUT2D eigenvalue weighted by molar-refractivity contribution is 14.0. The maximum Gasteiger partial charge on any atom is 0.314 e. The fourth-order valence-electron chi connectivity index (χ4n) is 3.69. The molecule has 3 fully saturated rings. The third-order valence-corrected chi connectivity index (χ3v) is 5.41. The number of nitrogens with two attached hydrogens (primary N) is 1. The highest BCUT2D eigenvalue weighted by Gasteiger charge is 2.41. The van der Waals surface area contributed by atoms with Crippen LogP contribution in [0.5, 0.6) is 0 Å². The van der Waals surface area contributed by atoms with Crippen LogP contribution in [0.4, 0.5) is 4.79 Å². The first-order valence-electron chi connectivity index (χ1n) is 9.26. The number of amides is 2. The summed E-state index contributed by atoms with van der Waals surface area (Å²) in [7, 11) is 0. The van der Waals surface area contributed by atoms with Crippen LogP contribution in [0.2, 0.25) is 0 Å². The van der Waals surface area contributed by atoms with Crippen LogP contribution in [-0.2, 0) is 0 Å². The SMILES string of the molecule is CCNC(=NCC(C1CC1)C1CC1)NC1CCN(C(N)=O)CC1.I. The van der Waals surface area contributed by atoms with Crippen molar-refractivity contribution in [2.75, 3.05) is 26.2 Å². The van der Waals surface area contributed by atoms with Crippen molar-refractivity contribution in [1.29, 1.82) is 0 Å². The molecule has 138 valence electrons. The molecule has 0 radical (unpaired) electrons. The Morgan fingerprint density at radius 1 is 1.17 bits per heavy atom. The molecule has 4 N–H and O–H groups in total. The van der Waals surface area contributed by atoms with Gasteiger partial charge in [0.05, 0.1) is 0 Å². The van der Waals surface area contributed by atoms with Crippen LogP contribution in [0.15, 0.2) is 4.99 Å². The van der Waals surface area contributed by atoms with Crippen LogP contribution in [0, 0.1) is 17.8 Å². The molecule has 0 unspecified atom stereocenters. The van der Waals surface area contributed by atoms with Crippen molar-refractivity contribution in [3.05, 3.63) is 0 Å². The second-order valence-electron chi connectivity index (χ2n) is 7.30. The molecule has 1 aliphatic heterocycles. The molecule has 1 heterocycles. The third-order valence-electron chi connectivity index (χ3n) is 5.41. The van der Waals surface area contributed by atoms with E-state index in [-0.39, 0.29) is 30.0 Å². The van der Waals surface area contributed by atoms with Gasteiger partial charge in [0.2, 0.25) is 0 Å². The monoisotopic (exact) mass is 449 g/mol. The van der Waals surface area contributed by atoms with Crippen LogP contribution in [0.1, 0.15) is 45.4 Å². The molecule has 6 nitrogen and oxygen atoms in total. The van der Waals surface area contributed by atoms with Crippen molar-refractivity contribution in [3.8, 4) is 0 Å². The van der Waals surface area contributed by atoms with Gasteiger partial charge in [0.15, 0.2) is 5.96 Å².